The Labute approximate surface area is 251 Å². The van der Waals surface area contributed by atoms with Gasteiger partial charge >= 0.3 is 0 Å². The third-order valence-electron chi connectivity index (χ3n) is 8.24. The SMILES string of the molecule is [2H]C([2H])([2H])c1ccc2c(c1)oc1c(-c3nc4ccccc4n3-c3c(-c4ccccc4)cc(C(C)(C)C)cc3C(C)C)cccc12. The van der Waals surface area contributed by atoms with Crippen molar-refractivity contribution in [2.24, 2.45) is 0 Å². The molecule has 208 valence electrons. The minimum atomic E-state index is -2.22. The lowest BCUT2D eigenvalue weighted by atomic mass is 9.81. The number of para-hydroxylation sites is 3. The van der Waals surface area contributed by atoms with Gasteiger partial charge in [0, 0.05) is 20.4 Å². The third-order valence-corrected chi connectivity index (χ3v) is 8.24. The fourth-order valence-corrected chi connectivity index (χ4v) is 6.02. The number of rotatable bonds is 4. The molecule has 7 aromatic rings. The highest BCUT2D eigenvalue weighted by atomic mass is 16.3. The molecule has 5 aromatic carbocycles. The standard InChI is InChI=1S/C39H36N2O/c1-24(2)31-22-27(39(4,5)6)23-32(26-13-8-7-9-14-26)36(31)41-34-18-11-10-17-33(34)40-38(41)30-16-12-15-29-28-20-19-25(3)21-35(28)42-37(29)30/h7-24H,1-6H3/i3D3. The van der Waals surface area contributed by atoms with Gasteiger partial charge in [-0.3, -0.25) is 4.57 Å². The van der Waals surface area contributed by atoms with Gasteiger partial charge in [-0.25, -0.2) is 4.98 Å². The summed E-state index contributed by atoms with van der Waals surface area (Å²) in [4.78, 5) is 5.26. The Morgan fingerprint density at radius 2 is 1.57 bits per heavy atom. The van der Waals surface area contributed by atoms with Crippen LogP contribution in [0, 0.1) is 6.85 Å². The van der Waals surface area contributed by atoms with Gasteiger partial charge in [-0.05, 0) is 70.8 Å². The molecule has 3 heteroatoms. The van der Waals surface area contributed by atoms with Crippen LogP contribution in [0.1, 0.15) is 61.3 Å². The van der Waals surface area contributed by atoms with Gasteiger partial charge in [0.2, 0.25) is 0 Å². The molecule has 0 saturated carbocycles. The predicted octanol–water partition coefficient (Wildman–Crippen LogP) is 11.0. The molecule has 0 amide bonds. The summed E-state index contributed by atoms with van der Waals surface area (Å²) in [5, 5.41) is 1.80. The molecule has 0 fully saturated rings. The first-order valence-corrected chi connectivity index (χ1v) is 14.6. The largest absolute Gasteiger partial charge is 0.455 e. The summed E-state index contributed by atoms with van der Waals surface area (Å²) in [6, 6.07) is 34.8. The van der Waals surface area contributed by atoms with E-state index in [0.717, 1.165) is 50.0 Å². The van der Waals surface area contributed by atoms with Gasteiger partial charge in [0.25, 0.3) is 0 Å². The molecule has 0 aliphatic heterocycles. The van der Waals surface area contributed by atoms with Crippen LogP contribution in [0.5, 0.6) is 0 Å². The number of fused-ring (bicyclic) bond motifs is 4. The summed E-state index contributed by atoms with van der Waals surface area (Å²) in [5.41, 5.74) is 10.1. The average Bonchev–Trinajstić information content (AvgIpc) is 3.58. The summed E-state index contributed by atoms with van der Waals surface area (Å²) in [6.45, 7) is 9.07. The Morgan fingerprint density at radius 3 is 2.33 bits per heavy atom. The Morgan fingerprint density at radius 1 is 0.786 bits per heavy atom. The number of benzene rings is 5. The molecule has 2 aromatic heterocycles. The zero-order valence-electron chi connectivity index (χ0n) is 27.7. The zero-order chi connectivity index (χ0) is 31.7. The van der Waals surface area contributed by atoms with Crippen LogP contribution in [0.15, 0.2) is 108 Å². The maximum atomic E-state index is 7.92. The van der Waals surface area contributed by atoms with Crippen molar-refractivity contribution in [1.29, 1.82) is 0 Å². The molecule has 0 unspecified atom stereocenters. The highest BCUT2D eigenvalue weighted by Gasteiger charge is 2.26. The van der Waals surface area contributed by atoms with E-state index in [9.17, 15) is 0 Å². The first kappa shape index (κ1) is 23.0. The molecule has 0 atom stereocenters. The van der Waals surface area contributed by atoms with Crippen LogP contribution < -0.4 is 0 Å². The summed E-state index contributed by atoms with van der Waals surface area (Å²) < 4.78 is 32.6. The first-order chi connectivity index (χ1) is 21.4. The van der Waals surface area contributed by atoms with Crippen molar-refractivity contribution < 1.29 is 8.53 Å². The quantitative estimate of drug-likeness (QED) is 0.218. The summed E-state index contributed by atoms with van der Waals surface area (Å²) in [5.74, 6) is 1.01. The number of imidazole rings is 1. The highest BCUT2D eigenvalue weighted by molar-refractivity contribution is 6.09. The monoisotopic (exact) mass is 551 g/mol. The van der Waals surface area contributed by atoms with Gasteiger partial charge < -0.3 is 4.42 Å². The van der Waals surface area contributed by atoms with E-state index in [0.29, 0.717) is 11.2 Å². The van der Waals surface area contributed by atoms with Gasteiger partial charge in [-0.1, -0.05) is 107 Å². The maximum Gasteiger partial charge on any atom is 0.149 e. The zero-order valence-corrected chi connectivity index (χ0v) is 24.7. The van der Waals surface area contributed by atoms with Crippen molar-refractivity contribution in [2.45, 2.75) is 52.8 Å². The second-order valence-corrected chi connectivity index (χ2v) is 12.5. The lowest BCUT2D eigenvalue weighted by Gasteiger charge is -2.27. The molecule has 0 bridgehead atoms. The van der Waals surface area contributed by atoms with Crippen molar-refractivity contribution in [3.8, 4) is 28.2 Å². The topological polar surface area (TPSA) is 31.0 Å². The number of hydrogen-bond donors (Lipinski definition) is 0. The van der Waals surface area contributed by atoms with E-state index in [1.165, 1.54) is 11.1 Å². The van der Waals surface area contributed by atoms with Gasteiger partial charge in [-0.2, -0.15) is 0 Å². The van der Waals surface area contributed by atoms with Crippen LogP contribution in [0.4, 0.5) is 0 Å². The normalized spacial score (nSPS) is 13.6. The molecule has 0 spiro atoms. The fraction of sp³-hybridized carbons (Fsp3) is 0.205. The smallest absolute Gasteiger partial charge is 0.149 e. The summed E-state index contributed by atoms with van der Waals surface area (Å²) in [7, 11) is 0. The van der Waals surface area contributed by atoms with E-state index in [1.807, 2.05) is 30.3 Å². The van der Waals surface area contributed by atoms with E-state index >= 15 is 0 Å². The van der Waals surface area contributed by atoms with Crippen molar-refractivity contribution >= 4 is 33.0 Å². The molecule has 0 N–H and O–H groups in total. The van der Waals surface area contributed by atoms with Crippen LogP contribution in [0.25, 0.3) is 61.2 Å². The number of aryl methyl sites for hydroxylation is 1. The molecule has 7 rings (SSSR count). The highest BCUT2D eigenvalue weighted by Crippen LogP contribution is 2.43. The lowest BCUT2D eigenvalue weighted by molar-refractivity contribution is 0.588. The predicted molar refractivity (Wildman–Crippen MR) is 177 cm³/mol. The maximum absolute atomic E-state index is 7.92. The minimum absolute atomic E-state index is 0.0427. The third kappa shape index (κ3) is 4.23. The van der Waals surface area contributed by atoms with Crippen molar-refractivity contribution in [1.82, 2.24) is 9.55 Å². The summed E-state index contributed by atoms with van der Waals surface area (Å²) >= 11 is 0. The first-order valence-electron chi connectivity index (χ1n) is 16.1. The Kier molecular flexibility index (Phi) is 5.33. The van der Waals surface area contributed by atoms with Gasteiger partial charge in [0.15, 0.2) is 0 Å². The van der Waals surface area contributed by atoms with Crippen molar-refractivity contribution in [3.63, 3.8) is 0 Å². The van der Waals surface area contributed by atoms with E-state index in [-0.39, 0.29) is 16.9 Å². The molecule has 3 nitrogen and oxygen atoms in total. The minimum Gasteiger partial charge on any atom is -0.455 e. The van der Waals surface area contributed by atoms with Crippen LogP contribution >= 0.6 is 0 Å². The molecular weight excluding hydrogens is 512 g/mol. The van der Waals surface area contributed by atoms with Crippen LogP contribution in [0.3, 0.4) is 0 Å². The van der Waals surface area contributed by atoms with Crippen LogP contribution in [0.2, 0.25) is 0 Å². The van der Waals surface area contributed by atoms with Crippen molar-refractivity contribution in [3.05, 3.63) is 120 Å². The molecule has 0 radical (unpaired) electrons. The Hall–Kier alpha value is -4.63. The summed E-state index contributed by atoms with van der Waals surface area (Å²) in [6.07, 6.45) is 0. The van der Waals surface area contributed by atoms with Crippen molar-refractivity contribution in [2.75, 3.05) is 0 Å². The number of nitrogens with zero attached hydrogens (tertiary/aromatic N) is 2. The van der Waals surface area contributed by atoms with Crippen LogP contribution in [-0.4, -0.2) is 9.55 Å². The molecular formula is C39H36N2O. The number of aromatic nitrogens is 2. The lowest BCUT2D eigenvalue weighted by Crippen LogP contribution is -2.14. The van der Waals surface area contributed by atoms with E-state index in [4.69, 9.17) is 13.5 Å². The van der Waals surface area contributed by atoms with E-state index < -0.39 is 6.85 Å². The Bertz CT molecular complexity index is 2210. The molecule has 2 heterocycles. The average molecular weight is 552 g/mol. The number of hydrogen-bond acceptors (Lipinski definition) is 2. The van der Waals surface area contributed by atoms with E-state index in [1.54, 1.807) is 12.1 Å². The fourth-order valence-electron chi connectivity index (χ4n) is 6.02. The van der Waals surface area contributed by atoms with Gasteiger partial charge in [0.1, 0.15) is 17.0 Å². The van der Waals surface area contributed by atoms with Gasteiger partial charge in [0.05, 0.1) is 22.3 Å². The second-order valence-electron chi connectivity index (χ2n) is 12.5. The van der Waals surface area contributed by atoms with E-state index in [2.05, 4.69) is 99.8 Å². The Balaban J connectivity index is 1.60. The molecule has 0 aliphatic rings. The molecule has 42 heavy (non-hydrogen) atoms. The van der Waals surface area contributed by atoms with Gasteiger partial charge in [-0.15, -0.1) is 0 Å². The molecule has 0 saturated heterocycles. The number of furan rings is 1. The molecule has 0 aliphatic carbocycles. The van der Waals surface area contributed by atoms with Crippen LogP contribution in [-0.2, 0) is 5.41 Å². The second kappa shape index (κ2) is 9.73.